The SMILES string of the molecule is CCCCCCCCCc1ccccc1NC(=O)Nc1ccccc1CCCCCCCCC. The summed E-state index contributed by atoms with van der Waals surface area (Å²) in [5.74, 6) is 0. The minimum atomic E-state index is -0.154. The first-order valence-corrected chi connectivity index (χ1v) is 14.0. The van der Waals surface area contributed by atoms with Gasteiger partial charge in [-0.3, -0.25) is 0 Å². The number of para-hydroxylation sites is 2. The van der Waals surface area contributed by atoms with Gasteiger partial charge in [-0.15, -0.1) is 0 Å². The van der Waals surface area contributed by atoms with E-state index in [0.717, 1.165) is 24.2 Å². The Balaban J connectivity index is 1.79. The van der Waals surface area contributed by atoms with Crippen molar-refractivity contribution in [3.05, 3.63) is 59.7 Å². The van der Waals surface area contributed by atoms with E-state index in [0.29, 0.717) is 0 Å². The van der Waals surface area contributed by atoms with Crippen LogP contribution in [0.3, 0.4) is 0 Å². The molecule has 0 unspecified atom stereocenters. The van der Waals surface area contributed by atoms with Crippen LogP contribution in [-0.4, -0.2) is 6.03 Å². The Morgan fingerprint density at radius 3 is 1.29 bits per heavy atom. The molecule has 0 saturated carbocycles. The van der Waals surface area contributed by atoms with Crippen LogP contribution in [0.1, 0.15) is 115 Å². The van der Waals surface area contributed by atoms with Crippen LogP contribution in [-0.2, 0) is 12.8 Å². The number of nitrogens with one attached hydrogen (secondary N) is 2. The van der Waals surface area contributed by atoms with Crippen molar-refractivity contribution in [3.8, 4) is 0 Å². The Labute approximate surface area is 209 Å². The van der Waals surface area contributed by atoms with Crippen LogP contribution in [0.5, 0.6) is 0 Å². The van der Waals surface area contributed by atoms with Gasteiger partial charge in [0.2, 0.25) is 0 Å². The fourth-order valence-electron chi connectivity index (χ4n) is 4.54. The highest BCUT2D eigenvalue weighted by molar-refractivity contribution is 6.00. The average Bonchev–Trinajstić information content (AvgIpc) is 2.85. The molecular formula is C31H48N2O. The Hall–Kier alpha value is -2.29. The highest BCUT2D eigenvalue weighted by atomic mass is 16.2. The van der Waals surface area contributed by atoms with Crippen molar-refractivity contribution in [3.63, 3.8) is 0 Å². The van der Waals surface area contributed by atoms with Crippen molar-refractivity contribution in [1.82, 2.24) is 0 Å². The van der Waals surface area contributed by atoms with Gasteiger partial charge in [0.25, 0.3) is 0 Å². The maximum Gasteiger partial charge on any atom is 0.323 e. The number of benzene rings is 2. The quantitative estimate of drug-likeness (QED) is 0.212. The van der Waals surface area contributed by atoms with Gasteiger partial charge in [-0.25, -0.2) is 4.79 Å². The first-order valence-electron chi connectivity index (χ1n) is 14.0. The number of rotatable bonds is 18. The van der Waals surface area contributed by atoms with E-state index in [-0.39, 0.29) is 6.03 Å². The van der Waals surface area contributed by atoms with E-state index in [1.54, 1.807) is 0 Å². The van der Waals surface area contributed by atoms with Gasteiger partial charge in [0.15, 0.2) is 0 Å². The van der Waals surface area contributed by atoms with Crippen LogP contribution < -0.4 is 10.6 Å². The summed E-state index contributed by atoms with van der Waals surface area (Å²) in [4.78, 5) is 12.8. The third-order valence-electron chi connectivity index (χ3n) is 6.63. The van der Waals surface area contributed by atoms with E-state index in [2.05, 4.69) is 48.7 Å². The van der Waals surface area contributed by atoms with Crippen LogP contribution in [0.25, 0.3) is 0 Å². The van der Waals surface area contributed by atoms with Gasteiger partial charge in [0, 0.05) is 11.4 Å². The zero-order chi connectivity index (χ0) is 24.3. The third-order valence-corrected chi connectivity index (χ3v) is 6.63. The maximum atomic E-state index is 12.8. The third kappa shape index (κ3) is 11.7. The summed E-state index contributed by atoms with van der Waals surface area (Å²) >= 11 is 0. The molecule has 0 saturated heterocycles. The van der Waals surface area contributed by atoms with Gasteiger partial charge in [-0.1, -0.05) is 127 Å². The monoisotopic (exact) mass is 464 g/mol. The molecule has 0 atom stereocenters. The molecule has 0 spiro atoms. The van der Waals surface area contributed by atoms with Crippen LogP contribution in [0.4, 0.5) is 16.2 Å². The van der Waals surface area contributed by atoms with Gasteiger partial charge in [-0.05, 0) is 48.9 Å². The molecule has 2 rings (SSSR count). The fraction of sp³-hybridized carbons (Fsp3) is 0.581. The Morgan fingerprint density at radius 1 is 0.529 bits per heavy atom. The van der Waals surface area contributed by atoms with Crippen molar-refractivity contribution >= 4 is 17.4 Å². The molecule has 3 nitrogen and oxygen atoms in total. The predicted octanol–water partition coefficient (Wildman–Crippen LogP) is 9.92. The number of unbranched alkanes of at least 4 members (excludes halogenated alkanes) is 12. The summed E-state index contributed by atoms with van der Waals surface area (Å²) in [5.41, 5.74) is 4.30. The summed E-state index contributed by atoms with van der Waals surface area (Å²) in [7, 11) is 0. The van der Waals surface area contributed by atoms with Crippen molar-refractivity contribution in [2.24, 2.45) is 0 Å². The van der Waals surface area contributed by atoms with Crippen LogP contribution >= 0.6 is 0 Å². The molecule has 0 radical (unpaired) electrons. The summed E-state index contributed by atoms with van der Waals surface area (Å²) < 4.78 is 0. The Kier molecular flexibility index (Phi) is 14.9. The number of hydrogen-bond donors (Lipinski definition) is 2. The lowest BCUT2D eigenvalue weighted by molar-refractivity contribution is 0.262. The summed E-state index contributed by atoms with van der Waals surface area (Å²) in [6.07, 6.45) is 20.2. The standard InChI is InChI=1S/C31H48N2O/c1-3-5-7-9-11-13-15-21-27-23-17-19-25-29(27)32-31(34)33-30-26-20-18-24-28(30)22-16-14-12-10-8-6-4-2/h17-20,23-26H,3-16,21-22H2,1-2H3,(H2,32,33,34). The molecule has 0 aromatic heterocycles. The molecule has 2 N–H and O–H groups in total. The number of aryl methyl sites for hydroxylation is 2. The molecule has 3 heteroatoms. The normalized spacial score (nSPS) is 10.9. The van der Waals surface area contributed by atoms with Gasteiger partial charge >= 0.3 is 6.03 Å². The Bertz CT molecular complexity index is 736. The van der Waals surface area contributed by atoms with Gasteiger partial charge < -0.3 is 10.6 Å². The number of carbonyl (C=O) groups excluding carboxylic acids is 1. The van der Waals surface area contributed by atoms with Crippen molar-refractivity contribution in [1.29, 1.82) is 0 Å². The Morgan fingerprint density at radius 2 is 0.882 bits per heavy atom. The fourth-order valence-corrected chi connectivity index (χ4v) is 4.54. The highest BCUT2D eigenvalue weighted by Gasteiger charge is 2.09. The van der Waals surface area contributed by atoms with E-state index in [1.807, 2.05) is 24.3 Å². The number of amides is 2. The molecule has 0 aliphatic carbocycles. The van der Waals surface area contributed by atoms with Crippen molar-refractivity contribution in [2.45, 2.75) is 117 Å². The molecular weight excluding hydrogens is 416 g/mol. The molecule has 0 heterocycles. The zero-order valence-corrected chi connectivity index (χ0v) is 21.8. The van der Waals surface area contributed by atoms with E-state index < -0.39 is 0 Å². The zero-order valence-electron chi connectivity index (χ0n) is 21.8. The molecule has 188 valence electrons. The van der Waals surface area contributed by atoms with E-state index in [9.17, 15) is 4.79 Å². The summed E-state index contributed by atoms with van der Waals surface area (Å²) in [6, 6.07) is 16.3. The minimum Gasteiger partial charge on any atom is -0.307 e. The van der Waals surface area contributed by atoms with Crippen LogP contribution in [0.2, 0.25) is 0 Å². The second-order valence-corrected chi connectivity index (χ2v) is 9.64. The molecule has 2 amide bonds. The minimum absolute atomic E-state index is 0.154. The predicted molar refractivity (Wildman–Crippen MR) is 149 cm³/mol. The van der Waals surface area contributed by atoms with E-state index >= 15 is 0 Å². The van der Waals surface area contributed by atoms with E-state index in [1.165, 1.54) is 101 Å². The topological polar surface area (TPSA) is 41.1 Å². The lowest BCUT2D eigenvalue weighted by Gasteiger charge is -2.14. The number of urea groups is 1. The van der Waals surface area contributed by atoms with Crippen molar-refractivity contribution < 1.29 is 4.79 Å². The molecule has 2 aromatic carbocycles. The number of carbonyl (C=O) groups is 1. The molecule has 0 bridgehead atoms. The molecule has 0 aliphatic rings. The highest BCUT2D eigenvalue weighted by Crippen LogP contribution is 2.21. The smallest absolute Gasteiger partial charge is 0.307 e. The van der Waals surface area contributed by atoms with E-state index in [4.69, 9.17) is 0 Å². The molecule has 0 fully saturated rings. The van der Waals surface area contributed by atoms with Gasteiger partial charge in [0.1, 0.15) is 0 Å². The molecule has 34 heavy (non-hydrogen) atoms. The summed E-state index contributed by atoms with van der Waals surface area (Å²) in [5, 5.41) is 6.20. The first-order chi connectivity index (χ1) is 16.7. The van der Waals surface area contributed by atoms with Crippen LogP contribution in [0.15, 0.2) is 48.5 Å². The maximum absolute atomic E-state index is 12.8. The number of anilines is 2. The number of hydrogen-bond acceptors (Lipinski definition) is 1. The largest absolute Gasteiger partial charge is 0.323 e. The molecule has 0 aliphatic heterocycles. The summed E-state index contributed by atoms with van der Waals surface area (Å²) in [6.45, 7) is 4.52. The van der Waals surface area contributed by atoms with Crippen molar-refractivity contribution in [2.75, 3.05) is 10.6 Å². The first kappa shape index (κ1) is 28.0. The second kappa shape index (κ2) is 18.1. The lowest BCUT2D eigenvalue weighted by Crippen LogP contribution is -2.21. The van der Waals surface area contributed by atoms with Gasteiger partial charge in [0.05, 0.1) is 0 Å². The van der Waals surface area contributed by atoms with Crippen LogP contribution in [0, 0.1) is 0 Å². The average molecular weight is 465 g/mol. The van der Waals surface area contributed by atoms with Gasteiger partial charge in [-0.2, -0.15) is 0 Å². The second-order valence-electron chi connectivity index (χ2n) is 9.64. The molecule has 2 aromatic rings. The lowest BCUT2D eigenvalue weighted by atomic mass is 10.0.